The zero-order valence-electron chi connectivity index (χ0n) is 15.5. The molecular formula is C21H15ClN4O3S. The van der Waals surface area contributed by atoms with Gasteiger partial charge >= 0.3 is 0 Å². The predicted molar refractivity (Wildman–Crippen MR) is 115 cm³/mol. The maximum Gasteiger partial charge on any atom is 0.261 e. The molecule has 1 aliphatic heterocycles. The number of benzene rings is 2. The third-order valence-corrected chi connectivity index (χ3v) is 5.57. The molecule has 0 unspecified atom stereocenters. The molecule has 2 aromatic carbocycles. The summed E-state index contributed by atoms with van der Waals surface area (Å²) >= 11 is 7.03. The van der Waals surface area contributed by atoms with E-state index in [1.807, 2.05) is 0 Å². The topological polar surface area (TPSA) is 92.3 Å². The van der Waals surface area contributed by atoms with Crippen molar-refractivity contribution in [1.82, 2.24) is 15.1 Å². The molecular weight excluding hydrogens is 424 g/mol. The highest BCUT2D eigenvalue weighted by Crippen LogP contribution is 2.23. The van der Waals surface area contributed by atoms with E-state index in [-0.39, 0.29) is 24.3 Å². The Hall–Kier alpha value is -3.36. The number of nitrogens with one attached hydrogen (secondary N) is 1. The van der Waals surface area contributed by atoms with Gasteiger partial charge in [0.2, 0.25) is 11.0 Å². The van der Waals surface area contributed by atoms with Crippen molar-refractivity contribution in [2.24, 2.45) is 0 Å². The molecule has 3 aromatic rings. The van der Waals surface area contributed by atoms with E-state index in [4.69, 9.17) is 11.6 Å². The quantitative estimate of drug-likeness (QED) is 0.468. The van der Waals surface area contributed by atoms with Crippen LogP contribution in [0.15, 0.2) is 54.6 Å². The zero-order valence-corrected chi connectivity index (χ0v) is 17.1. The van der Waals surface area contributed by atoms with E-state index in [0.717, 1.165) is 5.56 Å². The number of imide groups is 1. The zero-order chi connectivity index (χ0) is 21.1. The number of hydrogen-bond donors (Lipinski definition) is 1. The molecule has 0 radical (unpaired) electrons. The molecule has 0 atom stereocenters. The Morgan fingerprint density at radius 1 is 1.03 bits per heavy atom. The average Bonchev–Trinajstić information content (AvgIpc) is 3.29. The number of halogens is 1. The Morgan fingerprint density at radius 3 is 2.37 bits per heavy atom. The molecule has 0 aliphatic carbocycles. The third kappa shape index (κ3) is 4.29. The molecule has 30 heavy (non-hydrogen) atoms. The molecule has 2 heterocycles. The van der Waals surface area contributed by atoms with Crippen molar-refractivity contribution in [3.05, 3.63) is 81.3 Å². The van der Waals surface area contributed by atoms with Crippen molar-refractivity contribution in [1.29, 1.82) is 0 Å². The van der Waals surface area contributed by atoms with Crippen LogP contribution in [0.1, 0.15) is 31.3 Å². The summed E-state index contributed by atoms with van der Waals surface area (Å²) in [5.74, 6) is -0.949. The van der Waals surface area contributed by atoms with Gasteiger partial charge in [-0.1, -0.05) is 47.2 Å². The minimum absolute atomic E-state index is 0.200. The minimum atomic E-state index is -0.340. The molecule has 0 fully saturated rings. The summed E-state index contributed by atoms with van der Waals surface area (Å²) in [4.78, 5) is 38.0. The van der Waals surface area contributed by atoms with E-state index in [2.05, 4.69) is 15.5 Å². The number of fused-ring (bicyclic) bond motifs is 1. The van der Waals surface area contributed by atoms with Gasteiger partial charge in [-0.25, -0.2) is 0 Å². The Kier molecular flexibility index (Phi) is 5.69. The molecule has 1 N–H and O–H groups in total. The van der Waals surface area contributed by atoms with E-state index in [1.54, 1.807) is 54.6 Å². The highest BCUT2D eigenvalue weighted by atomic mass is 35.5. The molecule has 150 valence electrons. The fourth-order valence-electron chi connectivity index (χ4n) is 2.95. The molecule has 1 aliphatic rings. The van der Waals surface area contributed by atoms with Crippen LogP contribution < -0.4 is 5.32 Å². The summed E-state index contributed by atoms with van der Waals surface area (Å²) in [6, 6.07) is 13.8. The van der Waals surface area contributed by atoms with Gasteiger partial charge in [-0.2, -0.15) is 0 Å². The van der Waals surface area contributed by atoms with Gasteiger partial charge in [-0.15, -0.1) is 10.2 Å². The van der Waals surface area contributed by atoms with Gasteiger partial charge < -0.3 is 0 Å². The van der Waals surface area contributed by atoms with E-state index >= 15 is 0 Å². The summed E-state index contributed by atoms with van der Waals surface area (Å²) < 4.78 is 0. The fraction of sp³-hybridized carbons (Fsp3) is 0.0952. The number of anilines is 1. The van der Waals surface area contributed by atoms with Crippen molar-refractivity contribution in [2.75, 3.05) is 11.9 Å². The number of amides is 3. The first kappa shape index (κ1) is 19.9. The number of aromatic nitrogens is 2. The highest BCUT2D eigenvalue weighted by Gasteiger charge is 2.34. The van der Waals surface area contributed by atoms with Crippen molar-refractivity contribution in [3.63, 3.8) is 0 Å². The summed E-state index contributed by atoms with van der Waals surface area (Å²) in [6.07, 6.45) is 3.42. The largest absolute Gasteiger partial charge is 0.297 e. The van der Waals surface area contributed by atoms with Gasteiger partial charge in [0.05, 0.1) is 11.1 Å². The maximum absolute atomic E-state index is 12.4. The number of rotatable bonds is 6. The normalized spacial score (nSPS) is 13.2. The van der Waals surface area contributed by atoms with Crippen LogP contribution in [0.2, 0.25) is 5.02 Å². The van der Waals surface area contributed by atoms with Crippen molar-refractivity contribution in [3.8, 4) is 0 Å². The minimum Gasteiger partial charge on any atom is -0.297 e. The van der Waals surface area contributed by atoms with Crippen LogP contribution in [0.5, 0.6) is 0 Å². The van der Waals surface area contributed by atoms with Gasteiger partial charge in [-0.3, -0.25) is 24.6 Å². The fourth-order valence-corrected chi connectivity index (χ4v) is 3.81. The van der Waals surface area contributed by atoms with Crippen LogP contribution in [0.25, 0.3) is 6.08 Å². The lowest BCUT2D eigenvalue weighted by Gasteiger charge is -2.11. The molecule has 0 saturated heterocycles. The summed E-state index contributed by atoms with van der Waals surface area (Å²) in [7, 11) is 0. The van der Waals surface area contributed by atoms with Gasteiger partial charge in [0, 0.05) is 24.1 Å². The lowest BCUT2D eigenvalue weighted by atomic mass is 10.1. The number of carbonyl (C=O) groups is 3. The summed E-state index contributed by atoms with van der Waals surface area (Å²) in [6.45, 7) is 0.200. The van der Waals surface area contributed by atoms with Gasteiger partial charge in [0.15, 0.2) is 0 Å². The number of hydrogen-bond acceptors (Lipinski definition) is 6. The molecule has 9 heteroatoms. The van der Waals surface area contributed by atoms with E-state index in [9.17, 15) is 14.4 Å². The van der Waals surface area contributed by atoms with Gasteiger partial charge in [0.25, 0.3) is 11.8 Å². The molecule has 0 bridgehead atoms. The molecule has 0 spiro atoms. The molecule has 4 rings (SSSR count). The van der Waals surface area contributed by atoms with E-state index in [0.29, 0.717) is 32.7 Å². The Bertz CT molecular complexity index is 1120. The highest BCUT2D eigenvalue weighted by molar-refractivity contribution is 7.15. The van der Waals surface area contributed by atoms with Crippen LogP contribution in [0, 0.1) is 0 Å². The molecule has 3 amide bonds. The second-order valence-corrected chi connectivity index (χ2v) is 7.93. The van der Waals surface area contributed by atoms with Crippen LogP contribution in [0.4, 0.5) is 5.13 Å². The lowest BCUT2D eigenvalue weighted by Crippen LogP contribution is -2.31. The predicted octanol–water partition coefficient (Wildman–Crippen LogP) is 3.68. The Morgan fingerprint density at radius 2 is 1.70 bits per heavy atom. The number of carbonyl (C=O) groups excluding carboxylic acids is 3. The first-order chi connectivity index (χ1) is 14.5. The van der Waals surface area contributed by atoms with Crippen LogP contribution in [-0.4, -0.2) is 39.4 Å². The molecule has 7 nitrogen and oxygen atoms in total. The Labute approximate surface area is 181 Å². The molecule has 0 saturated carbocycles. The smallest absolute Gasteiger partial charge is 0.261 e. The van der Waals surface area contributed by atoms with E-state index in [1.165, 1.54) is 22.3 Å². The maximum atomic E-state index is 12.4. The van der Waals surface area contributed by atoms with Gasteiger partial charge in [-0.05, 0) is 35.9 Å². The third-order valence-electron chi connectivity index (χ3n) is 4.42. The summed E-state index contributed by atoms with van der Waals surface area (Å²) in [5.41, 5.74) is 1.67. The monoisotopic (exact) mass is 438 g/mol. The van der Waals surface area contributed by atoms with Crippen molar-refractivity contribution >= 4 is 51.9 Å². The molecule has 1 aromatic heterocycles. The standard InChI is InChI=1S/C21H15ClN4O3S/c22-14-8-5-13(6-9-14)7-10-17(27)23-21-25-24-18(30-21)11-12-26-19(28)15-3-1-2-4-16(15)20(26)29/h1-10H,11-12H2,(H,23,25,27)/b10-7+. The average molecular weight is 439 g/mol. The summed E-state index contributed by atoms with van der Waals surface area (Å²) in [5, 5.41) is 12.2. The first-order valence-electron chi connectivity index (χ1n) is 9.03. The van der Waals surface area contributed by atoms with Gasteiger partial charge in [0.1, 0.15) is 5.01 Å². The van der Waals surface area contributed by atoms with Crippen LogP contribution in [0.3, 0.4) is 0 Å². The number of nitrogens with zero attached hydrogens (tertiary/aromatic N) is 3. The van der Waals surface area contributed by atoms with Crippen molar-refractivity contribution < 1.29 is 14.4 Å². The lowest BCUT2D eigenvalue weighted by molar-refractivity contribution is -0.111. The van der Waals surface area contributed by atoms with Crippen LogP contribution in [-0.2, 0) is 11.2 Å². The second-order valence-electron chi connectivity index (χ2n) is 6.43. The SMILES string of the molecule is O=C(/C=C/c1ccc(Cl)cc1)Nc1nnc(CCN2C(=O)c3ccccc3C2=O)s1. The van der Waals surface area contributed by atoms with Crippen molar-refractivity contribution in [2.45, 2.75) is 6.42 Å². The van der Waals surface area contributed by atoms with Crippen LogP contribution >= 0.6 is 22.9 Å². The van der Waals surface area contributed by atoms with E-state index < -0.39 is 0 Å². The Balaban J connectivity index is 1.32. The first-order valence-corrected chi connectivity index (χ1v) is 10.2. The second kappa shape index (κ2) is 8.56.